The van der Waals surface area contributed by atoms with E-state index in [2.05, 4.69) is 0 Å². The van der Waals surface area contributed by atoms with Crippen molar-refractivity contribution in [2.75, 3.05) is 13.1 Å². The molecule has 0 N–H and O–H groups in total. The molecule has 0 bridgehead atoms. The van der Waals surface area contributed by atoms with E-state index in [9.17, 15) is 4.79 Å². The highest BCUT2D eigenvalue weighted by Crippen LogP contribution is 2.26. The molecule has 0 aromatic carbocycles. The Hall–Kier alpha value is -0.530. The van der Waals surface area contributed by atoms with Crippen LogP contribution in [0.25, 0.3) is 0 Å². The Balaban J connectivity index is 2.13. The monoisotopic (exact) mass is 141 g/mol. The highest BCUT2D eigenvalue weighted by Gasteiger charge is 2.18. The third-order valence-corrected chi connectivity index (χ3v) is 2.27. The summed E-state index contributed by atoms with van der Waals surface area (Å²) in [6, 6.07) is 0. The number of nitrogens with zero attached hydrogens (tertiary/aromatic N) is 1. The van der Waals surface area contributed by atoms with Crippen molar-refractivity contribution >= 4 is 6.41 Å². The molecule has 0 heterocycles. The lowest BCUT2D eigenvalue weighted by atomic mass is 9.85. The Morgan fingerprint density at radius 2 is 2.30 bits per heavy atom. The molecule has 0 aliphatic heterocycles. The van der Waals surface area contributed by atoms with Crippen LogP contribution in [0.2, 0.25) is 0 Å². The molecule has 1 fully saturated rings. The highest BCUT2D eigenvalue weighted by atomic mass is 16.1. The molecule has 1 saturated carbocycles. The van der Waals surface area contributed by atoms with Crippen LogP contribution in [0.15, 0.2) is 0 Å². The summed E-state index contributed by atoms with van der Waals surface area (Å²) < 4.78 is 0. The zero-order valence-electron chi connectivity index (χ0n) is 6.55. The van der Waals surface area contributed by atoms with E-state index < -0.39 is 0 Å². The second-order valence-electron chi connectivity index (χ2n) is 2.99. The zero-order valence-corrected chi connectivity index (χ0v) is 6.55. The predicted molar refractivity (Wildman–Crippen MR) is 40.7 cm³/mol. The normalized spacial score (nSPS) is 18.1. The van der Waals surface area contributed by atoms with Gasteiger partial charge in [0.25, 0.3) is 0 Å². The molecule has 0 aromatic heterocycles. The molecule has 1 amide bonds. The van der Waals surface area contributed by atoms with Gasteiger partial charge in [-0.05, 0) is 25.7 Å². The van der Waals surface area contributed by atoms with Gasteiger partial charge in [-0.25, -0.2) is 0 Å². The number of carbonyl (C=O) groups excluding carboxylic acids is 1. The first kappa shape index (κ1) is 7.58. The fourth-order valence-electron chi connectivity index (χ4n) is 1.25. The van der Waals surface area contributed by atoms with Crippen LogP contribution in [0.1, 0.15) is 26.2 Å². The molecule has 10 heavy (non-hydrogen) atoms. The van der Waals surface area contributed by atoms with Crippen molar-refractivity contribution in [1.82, 2.24) is 4.90 Å². The average molecular weight is 141 g/mol. The Morgan fingerprint density at radius 1 is 1.60 bits per heavy atom. The minimum absolute atomic E-state index is 0.810. The number of hydrogen-bond acceptors (Lipinski definition) is 1. The minimum atomic E-state index is 0.810. The van der Waals surface area contributed by atoms with Crippen LogP contribution in [-0.4, -0.2) is 24.4 Å². The van der Waals surface area contributed by atoms with E-state index in [4.69, 9.17) is 0 Å². The van der Waals surface area contributed by atoms with E-state index in [1.807, 2.05) is 11.8 Å². The largest absolute Gasteiger partial charge is 0.345 e. The molecule has 58 valence electrons. The van der Waals surface area contributed by atoms with Crippen LogP contribution >= 0.6 is 0 Å². The predicted octanol–water partition coefficient (Wildman–Crippen LogP) is 1.26. The van der Waals surface area contributed by atoms with Gasteiger partial charge in [-0.3, -0.25) is 4.79 Å². The molecule has 0 atom stereocenters. The van der Waals surface area contributed by atoms with Crippen LogP contribution in [0.4, 0.5) is 0 Å². The lowest BCUT2D eigenvalue weighted by molar-refractivity contribution is -0.118. The summed E-state index contributed by atoms with van der Waals surface area (Å²) in [5.74, 6) is 0.810. The quantitative estimate of drug-likeness (QED) is 0.540. The molecule has 0 unspecified atom stereocenters. The SMILES string of the molecule is CCN(C=O)CC1CCC1. The van der Waals surface area contributed by atoms with E-state index in [1.165, 1.54) is 19.3 Å². The number of amides is 1. The topological polar surface area (TPSA) is 20.3 Å². The first-order valence-electron chi connectivity index (χ1n) is 4.06. The fourth-order valence-corrected chi connectivity index (χ4v) is 1.25. The van der Waals surface area contributed by atoms with Gasteiger partial charge >= 0.3 is 0 Å². The summed E-state index contributed by atoms with van der Waals surface area (Å²) in [6.07, 6.45) is 4.97. The molecular weight excluding hydrogens is 126 g/mol. The van der Waals surface area contributed by atoms with Gasteiger partial charge in [-0.15, -0.1) is 0 Å². The van der Waals surface area contributed by atoms with Crippen LogP contribution in [0.3, 0.4) is 0 Å². The van der Waals surface area contributed by atoms with Gasteiger partial charge in [0.2, 0.25) is 6.41 Å². The molecule has 0 spiro atoms. The van der Waals surface area contributed by atoms with E-state index in [-0.39, 0.29) is 0 Å². The van der Waals surface area contributed by atoms with Gasteiger partial charge in [0.15, 0.2) is 0 Å². The van der Waals surface area contributed by atoms with Crippen molar-refractivity contribution in [1.29, 1.82) is 0 Å². The van der Waals surface area contributed by atoms with Gasteiger partial charge in [-0.1, -0.05) is 6.42 Å². The molecule has 1 aliphatic rings. The molecule has 0 saturated heterocycles. The van der Waals surface area contributed by atoms with E-state index in [1.54, 1.807) is 0 Å². The second-order valence-corrected chi connectivity index (χ2v) is 2.99. The maximum atomic E-state index is 10.3. The number of hydrogen-bond donors (Lipinski definition) is 0. The van der Waals surface area contributed by atoms with E-state index in [0.717, 1.165) is 25.4 Å². The first-order valence-corrected chi connectivity index (χ1v) is 4.06. The summed E-state index contributed by atoms with van der Waals surface area (Å²) in [4.78, 5) is 12.2. The lowest BCUT2D eigenvalue weighted by Crippen LogP contribution is -2.31. The maximum absolute atomic E-state index is 10.3. The third-order valence-electron chi connectivity index (χ3n) is 2.27. The van der Waals surface area contributed by atoms with Crippen LogP contribution in [-0.2, 0) is 4.79 Å². The lowest BCUT2D eigenvalue weighted by Gasteiger charge is -2.29. The maximum Gasteiger partial charge on any atom is 0.209 e. The van der Waals surface area contributed by atoms with Crippen molar-refractivity contribution in [3.05, 3.63) is 0 Å². The Morgan fingerprint density at radius 3 is 2.60 bits per heavy atom. The molecule has 0 radical (unpaired) electrons. The van der Waals surface area contributed by atoms with Crippen molar-refractivity contribution in [3.8, 4) is 0 Å². The van der Waals surface area contributed by atoms with Crippen molar-refractivity contribution in [3.63, 3.8) is 0 Å². The summed E-state index contributed by atoms with van der Waals surface area (Å²) in [7, 11) is 0. The summed E-state index contributed by atoms with van der Waals surface area (Å²) in [5, 5.41) is 0. The van der Waals surface area contributed by atoms with Gasteiger partial charge in [0.1, 0.15) is 0 Å². The van der Waals surface area contributed by atoms with Crippen molar-refractivity contribution in [2.24, 2.45) is 5.92 Å². The average Bonchev–Trinajstić information content (AvgIpc) is 1.87. The van der Waals surface area contributed by atoms with Crippen LogP contribution in [0, 0.1) is 5.92 Å². The smallest absolute Gasteiger partial charge is 0.209 e. The summed E-state index contributed by atoms with van der Waals surface area (Å²) in [5.41, 5.74) is 0. The third kappa shape index (κ3) is 1.72. The van der Waals surface area contributed by atoms with E-state index >= 15 is 0 Å². The second kappa shape index (κ2) is 3.59. The van der Waals surface area contributed by atoms with E-state index in [0.29, 0.717) is 0 Å². The molecule has 0 aromatic rings. The Bertz CT molecular complexity index is 110. The first-order chi connectivity index (χ1) is 4.86. The molecule has 2 nitrogen and oxygen atoms in total. The fraction of sp³-hybridized carbons (Fsp3) is 0.875. The van der Waals surface area contributed by atoms with Crippen molar-refractivity contribution < 1.29 is 4.79 Å². The molecule has 2 heteroatoms. The van der Waals surface area contributed by atoms with Crippen LogP contribution < -0.4 is 0 Å². The summed E-state index contributed by atoms with van der Waals surface area (Å²) in [6.45, 7) is 3.87. The standard InChI is InChI=1S/C8H15NO/c1-2-9(7-10)6-8-4-3-5-8/h7-8H,2-6H2,1H3. The number of rotatable bonds is 4. The Labute approximate surface area is 62.2 Å². The molecular formula is C8H15NO. The minimum Gasteiger partial charge on any atom is -0.345 e. The van der Waals surface area contributed by atoms with Gasteiger partial charge in [0.05, 0.1) is 0 Å². The van der Waals surface area contributed by atoms with Gasteiger partial charge in [-0.2, -0.15) is 0 Å². The molecule has 1 rings (SSSR count). The van der Waals surface area contributed by atoms with Gasteiger partial charge in [0, 0.05) is 13.1 Å². The molecule has 1 aliphatic carbocycles. The van der Waals surface area contributed by atoms with Crippen molar-refractivity contribution in [2.45, 2.75) is 26.2 Å². The van der Waals surface area contributed by atoms with Crippen LogP contribution in [0.5, 0.6) is 0 Å². The zero-order chi connectivity index (χ0) is 7.40. The highest BCUT2D eigenvalue weighted by molar-refractivity contribution is 5.46. The van der Waals surface area contributed by atoms with Gasteiger partial charge < -0.3 is 4.90 Å². The Kier molecular flexibility index (Phi) is 2.72. The number of carbonyl (C=O) groups is 1. The summed E-state index contributed by atoms with van der Waals surface area (Å²) >= 11 is 0.